The van der Waals surface area contributed by atoms with Gasteiger partial charge >= 0.3 is 0 Å². The largest absolute Gasteiger partial charge is 0.383 e. The van der Waals surface area contributed by atoms with Crippen molar-refractivity contribution in [3.05, 3.63) is 0 Å². The number of rotatable bonds is 8. The molecule has 1 N–H and O–H groups in total. The van der Waals surface area contributed by atoms with Crippen LogP contribution >= 0.6 is 0 Å². The van der Waals surface area contributed by atoms with Gasteiger partial charge in [-0.15, -0.1) is 0 Å². The summed E-state index contributed by atoms with van der Waals surface area (Å²) in [6.07, 6.45) is 2.81. The maximum Gasteiger partial charge on any atom is 0.0615 e. The van der Waals surface area contributed by atoms with Crippen molar-refractivity contribution in [3.8, 4) is 0 Å². The van der Waals surface area contributed by atoms with Crippen LogP contribution in [0.2, 0.25) is 0 Å². The second-order valence-electron chi connectivity index (χ2n) is 4.62. The van der Waals surface area contributed by atoms with Crippen LogP contribution in [0.15, 0.2) is 0 Å². The molecular weight excluding hydrogens is 188 g/mol. The molecule has 0 radical (unpaired) electrons. The van der Waals surface area contributed by atoms with Gasteiger partial charge in [-0.3, -0.25) is 4.90 Å². The number of ether oxygens (including phenoxy) is 1. The van der Waals surface area contributed by atoms with E-state index in [0.29, 0.717) is 12.1 Å². The van der Waals surface area contributed by atoms with Crippen LogP contribution < -0.4 is 5.32 Å². The first-order valence-corrected chi connectivity index (χ1v) is 6.13. The number of methoxy groups -OCH3 is 1. The lowest BCUT2D eigenvalue weighted by Crippen LogP contribution is -2.45. The highest BCUT2D eigenvalue weighted by atomic mass is 16.5. The summed E-state index contributed by atoms with van der Waals surface area (Å²) in [5, 5.41) is 3.44. The molecule has 3 heteroatoms. The van der Waals surface area contributed by atoms with E-state index in [9.17, 15) is 0 Å². The topological polar surface area (TPSA) is 24.5 Å². The van der Waals surface area contributed by atoms with Crippen LogP contribution in [0.5, 0.6) is 0 Å². The number of hydrogen-bond acceptors (Lipinski definition) is 3. The smallest absolute Gasteiger partial charge is 0.0615 e. The average Bonchev–Trinajstić information content (AvgIpc) is 3.04. The summed E-state index contributed by atoms with van der Waals surface area (Å²) in [5.41, 5.74) is 0. The molecule has 0 aromatic heterocycles. The summed E-state index contributed by atoms with van der Waals surface area (Å²) in [5.74, 6) is 0.916. The van der Waals surface area contributed by atoms with E-state index in [2.05, 4.69) is 31.1 Å². The molecule has 1 fully saturated rings. The molecular formula is C12H26N2O. The lowest BCUT2D eigenvalue weighted by molar-refractivity contribution is 0.0944. The molecule has 3 nitrogen and oxygen atoms in total. The van der Waals surface area contributed by atoms with Gasteiger partial charge in [-0.05, 0) is 39.3 Å². The standard InChI is InChI=1S/C12H26N2O/c1-5-14(10(2)9-15-4)8-12(13-3)11-6-7-11/h10-13H,5-9H2,1-4H3. The molecule has 90 valence electrons. The Morgan fingerprint density at radius 3 is 2.53 bits per heavy atom. The number of nitrogens with zero attached hydrogens (tertiary/aromatic N) is 1. The Kier molecular flexibility index (Phi) is 5.58. The third kappa shape index (κ3) is 4.09. The van der Waals surface area contributed by atoms with E-state index in [1.807, 2.05) is 0 Å². The van der Waals surface area contributed by atoms with Crippen LogP contribution in [-0.2, 0) is 4.74 Å². The molecule has 0 aromatic carbocycles. The molecule has 1 saturated carbocycles. The minimum Gasteiger partial charge on any atom is -0.383 e. The zero-order chi connectivity index (χ0) is 11.3. The Morgan fingerprint density at radius 1 is 1.47 bits per heavy atom. The maximum absolute atomic E-state index is 5.22. The van der Waals surface area contributed by atoms with Crippen LogP contribution in [0.1, 0.15) is 26.7 Å². The van der Waals surface area contributed by atoms with Crippen molar-refractivity contribution < 1.29 is 4.74 Å². The minimum absolute atomic E-state index is 0.523. The molecule has 0 saturated heterocycles. The highest BCUT2D eigenvalue weighted by Crippen LogP contribution is 2.32. The van der Waals surface area contributed by atoms with Crippen molar-refractivity contribution in [2.75, 3.05) is 33.9 Å². The third-order valence-electron chi connectivity index (χ3n) is 3.43. The van der Waals surface area contributed by atoms with Crippen molar-refractivity contribution in [2.45, 2.75) is 38.8 Å². The predicted octanol–water partition coefficient (Wildman–Crippen LogP) is 1.34. The van der Waals surface area contributed by atoms with E-state index < -0.39 is 0 Å². The Labute approximate surface area is 94.2 Å². The fourth-order valence-corrected chi connectivity index (χ4v) is 2.19. The van der Waals surface area contributed by atoms with E-state index in [1.165, 1.54) is 12.8 Å². The van der Waals surface area contributed by atoms with Gasteiger partial charge < -0.3 is 10.1 Å². The van der Waals surface area contributed by atoms with Crippen LogP contribution in [0.25, 0.3) is 0 Å². The van der Waals surface area contributed by atoms with Crippen LogP contribution in [0.3, 0.4) is 0 Å². The first-order chi connectivity index (χ1) is 7.22. The average molecular weight is 214 g/mol. The monoisotopic (exact) mass is 214 g/mol. The van der Waals surface area contributed by atoms with Gasteiger partial charge in [0.15, 0.2) is 0 Å². The van der Waals surface area contributed by atoms with Gasteiger partial charge in [0.2, 0.25) is 0 Å². The first kappa shape index (κ1) is 12.9. The second-order valence-corrected chi connectivity index (χ2v) is 4.62. The number of nitrogens with one attached hydrogen (secondary N) is 1. The maximum atomic E-state index is 5.22. The molecule has 0 bridgehead atoms. The molecule has 0 spiro atoms. The van der Waals surface area contributed by atoms with Crippen LogP contribution in [0.4, 0.5) is 0 Å². The van der Waals surface area contributed by atoms with Gasteiger partial charge in [0.25, 0.3) is 0 Å². The van der Waals surface area contributed by atoms with E-state index in [4.69, 9.17) is 4.74 Å². The van der Waals surface area contributed by atoms with Crippen molar-refractivity contribution in [1.29, 1.82) is 0 Å². The van der Waals surface area contributed by atoms with Gasteiger partial charge in [0.1, 0.15) is 0 Å². The number of likely N-dealkylation sites (N-methyl/N-ethyl adjacent to an activating group) is 2. The molecule has 1 rings (SSSR count). The summed E-state index contributed by atoms with van der Waals surface area (Å²) in [4.78, 5) is 2.50. The van der Waals surface area contributed by atoms with Gasteiger partial charge in [-0.25, -0.2) is 0 Å². The second kappa shape index (κ2) is 6.46. The van der Waals surface area contributed by atoms with Crippen molar-refractivity contribution in [2.24, 2.45) is 5.92 Å². The highest BCUT2D eigenvalue weighted by Gasteiger charge is 2.31. The van der Waals surface area contributed by atoms with Crippen LogP contribution in [-0.4, -0.2) is 50.8 Å². The molecule has 0 heterocycles. The van der Waals surface area contributed by atoms with Gasteiger partial charge in [0, 0.05) is 25.7 Å². The zero-order valence-electron chi connectivity index (χ0n) is 10.6. The Morgan fingerprint density at radius 2 is 2.13 bits per heavy atom. The van der Waals surface area contributed by atoms with E-state index >= 15 is 0 Å². The summed E-state index contributed by atoms with van der Waals surface area (Å²) >= 11 is 0. The summed E-state index contributed by atoms with van der Waals surface area (Å²) < 4.78 is 5.22. The molecule has 1 aliphatic carbocycles. The fourth-order valence-electron chi connectivity index (χ4n) is 2.19. The Hall–Kier alpha value is -0.120. The lowest BCUT2D eigenvalue weighted by Gasteiger charge is -2.31. The van der Waals surface area contributed by atoms with Gasteiger partial charge in [-0.1, -0.05) is 6.92 Å². The molecule has 0 aliphatic heterocycles. The summed E-state index contributed by atoms with van der Waals surface area (Å²) in [6, 6.07) is 1.19. The third-order valence-corrected chi connectivity index (χ3v) is 3.43. The summed E-state index contributed by atoms with van der Waals surface area (Å²) in [6.45, 7) is 7.56. The highest BCUT2D eigenvalue weighted by molar-refractivity contribution is 4.88. The van der Waals surface area contributed by atoms with Gasteiger partial charge in [-0.2, -0.15) is 0 Å². The molecule has 2 atom stereocenters. The van der Waals surface area contributed by atoms with E-state index in [-0.39, 0.29) is 0 Å². The van der Waals surface area contributed by atoms with Gasteiger partial charge in [0.05, 0.1) is 6.61 Å². The quantitative estimate of drug-likeness (QED) is 0.660. The first-order valence-electron chi connectivity index (χ1n) is 6.13. The van der Waals surface area contributed by atoms with Crippen LogP contribution in [0, 0.1) is 5.92 Å². The Balaban J connectivity index is 2.36. The van der Waals surface area contributed by atoms with E-state index in [0.717, 1.165) is 25.6 Å². The predicted molar refractivity (Wildman–Crippen MR) is 64.2 cm³/mol. The minimum atomic E-state index is 0.523. The number of hydrogen-bond donors (Lipinski definition) is 1. The van der Waals surface area contributed by atoms with Crippen molar-refractivity contribution in [1.82, 2.24) is 10.2 Å². The lowest BCUT2D eigenvalue weighted by atomic mass is 10.1. The molecule has 0 amide bonds. The van der Waals surface area contributed by atoms with Crippen molar-refractivity contribution in [3.63, 3.8) is 0 Å². The Bertz CT molecular complexity index is 171. The molecule has 2 unspecified atom stereocenters. The van der Waals surface area contributed by atoms with Crippen molar-refractivity contribution >= 4 is 0 Å². The molecule has 0 aromatic rings. The fraction of sp³-hybridized carbons (Fsp3) is 1.00. The molecule has 15 heavy (non-hydrogen) atoms. The zero-order valence-corrected chi connectivity index (χ0v) is 10.6. The summed E-state index contributed by atoms with van der Waals surface area (Å²) in [7, 11) is 3.86. The normalized spacial score (nSPS) is 20.6. The molecule has 1 aliphatic rings. The SMILES string of the molecule is CCN(CC(NC)C1CC1)C(C)COC. The van der Waals surface area contributed by atoms with E-state index in [1.54, 1.807) is 7.11 Å².